The standard InChI is InChI=1S/C21H28N6O3S2/c1-13(2)15-5-4-14(18(24-15)30-3)16-12-23-19-27(16)25-20(31-19)26-9-7-21(8-10-26)17(22)6-11-32(21,28)29/h4-5,12-13,17H,6-11,22H2,1-3H3. The Kier molecular flexibility index (Phi) is 5.18. The predicted molar refractivity (Wildman–Crippen MR) is 125 cm³/mol. The number of piperidine rings is 1. The molecule has 0 aliphatic carbocycles. The number of hydrogen-bond acceptors (Lipinski definition) is 9. The Balaban J connectivity index is 1.44. The zero-order valence-electron chi connectivity index (χ0n) is 18.5. The van der Waals surface area contributed by atoms with E-state index in [-0.39, 0.29) is 11.8 Å². The Labute approximate surface area is 191 Å². The number of rotatable bonds is 4. The van der Waals surface area contributed by atoms with Gasteiger partial charge in [0.15, 0.2) is 9.84 Å². The van der Waals surface area contributed by atoms with Gasteiger partial charge in [0.1, 0.15) is 0 Å². The molecule has 172 valence electrons. The number of nitrogens with zero attached hydrogens (tertiary/aromatic N) is 5. The number of ether oxygens (including phenoxy) is 1. The fourth-order valence-corrected chi connectivity index (χ4v) is 8.14. The van der Waals surface area contributed by atoms with Crippen LogP contribution in [0.15, 0.2) is 18.3 Å². The van der Waals surface area contributed by atoms with Crippen molar-refractivity contribution < 1.29 is 13.2 Å². The Hall–Kier alpha value is -2.24. The summed E-state index contributed by atoms with van der Waals surface area (Å²) in [5.74, 6) is 1.05. The normalized spacial score (nSPS) is 22.3. The van der Waals surface area contributed by atoms with E-state index >= 15 is 0 Å². The Bertz CT molecular complexity index is 1260. The van der Waals surface area contributed by atoms with Crippen molar-refractivity contribution in [3.8, 4) is 17.1 Å². The maximum absolute atomic E-state index is 12.7. The molecule has 2 N–H and O–H groups in total. The molecule has 0 radical (unpaired) electrons. The second kappa shape index (κ2) is 7.67. The highest BCUT2D eigenvalue weighted by Crippen LogP contribution is 2.42. The van der Waals surface area contributed by atoms with Gasteiger partial charge in [0, 0.05) is 24.8 Å². The monoisotopic (exact) mass is 476 g/mol. The maximum atomic E-state index is 12.7. The average Bonchev–Trinajstić information content (AvgIpc) is 3.43. The molecule has 3 aromatic rings. The van der Waals surface area contributed by atoms with Crippen LogP contribution in [0.4, 0.5) is 5.13 Å². The van der Waals surface area contributed by atoms with Gasteiger partial charge in [-0.1, -0.05) is 25.2 Å². The molecule has 32 heavy (non-hydrogen) atoms. The third-order valence-electron chi connectivity index (χ3n) is 6.89. The lowest BCUT2D eigenvalue weighted by Crippen LogP contribution is -2.55. The number of pyridine rings is 1. The van der Waals surface area contributed by atoms with Gasteiger partial charge in [-0.3, -0.25) is 0 Å². The van der Waals surface area contributed by atoms with Crippen LogP contribution >= 0.6 is 11.3 Å². The van der Waals surface area contributed by atoms with Crippen molar-refractivity contribution in [3.05, 3.63) is 24.0 Å². The van der Waals surface area contributed by atoms with Crippen molar-refractivity contribution >= 4 is 31.3 Å². The van der Waals surface area contributed by atoms with E-state index in [0.717, 1.165) is 27.0 Å². The van der Waals surface area contributed by atoms with Crippen molar-refractivity contribution in [2.75, 3.05) is 30.9 Å². The molecular formula is C21H28N6O3S2. The van der Waals surface area contributed by atoms with Crippen LogP contribution in [0.25, 0.3) is 16.2 Å². The highest BCUT2D eigenvalue weighted by atomic mass is 32.2. The second-order valence-electron chi connectivity index (χ2n) is 8.94. The summed E-state index contributed by atoms with van der Waals surface area (Å²) in [5.41, 5.74) is 8.86. The molecule has 2 aliphatic rings. The van der Waals surface area contributed by atoms with Crippen LogP contribution < -0.4 is 15.4 Å². The quantitative estimate of drug-likeness (QED) is 0.611. The molecule has 0 aromatic carbocycles. The van der Waals surface area contributed by atoms with E-state index < -0.39 is 14.6 Å². The third-order valence-corrected chi connectivity index (χ3v) is 10.6. The Morgan fingerprint density at radius 3 is 2.66 bits per heavy atom. The molecule has 2 aliphatic heterocycles. The highest BCUT2D eigenvalue weighted by molar-refractivity contribution is 7.93. The Morgan fingerprint density at radius 1 is 1.28 bits per heavy atom. The van der Waals surface area contributed by atoms with E-state index in [1.165, 1.54) is 11.3 Å². The summed E-state index contributed by atoms with van der Waals surface area (Å²) in [4.78, 5) is 12.1. The zero-order valence-corrected chi connectivity index (χ0v) is 20.1. The SMILES string of the molecule is COc1nc(C(C)C)ccc1-c1cnc2sc(N3CCC4(CC3)C(N)CCS4(=O)=O)nn12. The van der Waals surface area contributed by atoms with E-state index in [0.29, 0.717) is 44.1 Å². The van der Waals surface area contributed by atoms with E-state index in [2.05, 4.69) is 28.7 Å². The van der Waals surface area contributed by atoms with Crippen LogP contribution in [-0.2, 0) is 9.84 Å². The van der Waals surface area contributed by atoms with Crippen LogP contribution in [0.2, 0.25) is 0 Å². The minimum absolute atomic E-state index is 0.202. The first-order chi connectivity index (χ1) is 15.3. The number of hydrogen-bond donors (Lipinski definition) is 1. The van der Waals surface area contributed by atoms with Gasteiger partial charge >= 0.3 is 0 Å². The van der Waals surface area contributed by atoms with Gasteiger partial charge in [0.05, 0.1) is 35.1 Å². The number of anilines is 1. The molecule has 11 heteroatoms. The fourth-order valence-electron chi connectivity index (χ4n) is 4.86. The largest absolute Gasteiger partial charge is 0.480 e. The first kappa shape index (κ1) is 21.6. The lowest BCUT2D eigenvalue weighted by atomic mass is 9.88. The topological polar surface area (TPSA) is 116 Å². The fraction of sp³-hybridized carbons (Fsp3) is 0.571. The molecule has 9 nitrogen and oxygen atoms in total. The number of sulfone groups is 1. The number of fused-ring (bicyclic) bond motifs is 1. The molecule has 0 saturated carbocycles. The molecule has 1 unspecified atom stereocenters. The predicted octanol–water partition coefficient (Wildman–Crippen LogP) is 2.47. The lowest BCUT2D eigenvalue weighted by Gasteiger charge is -2.40. The molecule has 5 heterocycles. The van der Waals surface area contributed by atoms with Gasteiger partial charge in [-0.05, 0) is 37.3 Å². The van der Waals surface area contributed by atoms with Crippen molar-refractivity contribution in [1.29, 1.82) is 0 Å². The van der Waals surface area contributed by atoms with Crippen molar-refractivity contribution in [2.24, 2.45) is 5.73 Å². The first-order valence-corrected chi connectivity index (χ1v) is 13.4. The maximum Gasteiger partial charge on any atom is 0.222 e. The van der Waals surface area contributed by atoms with Crippen LogP contribution in [0.1, 0.15) is 44.7 Å². The van der Waals surface area contributed by atoms with Gasteiger partial charge in [-0.25, -0.2) is 22.9 Å². The van der Waals surface area contributed by atoms with E-state index in [1.54, 1.807) is 13.3 Å². The van der Waals surface area contributed by atoms with E-state index in [4.69, 9.17) is 15.6 Å². The molecule has 2 saturated heterocycles. The van der Waals surface area contributed by atoms with Gasteiger partial charge in [0.25, 0.3) is 0 Å². The third kappa shape index (κ3) is 3.20. The van der Waals surface area contributed by atoms with E-state index in [9.17, 15) is 8.42 Å². The van der Waals surface area contributed by atoms with Gasteiger partial charge < -0.3 is 15.4 Å². The molecule has 2 fully saturated rings. The average molecular weight is 477 g/mol. The van der Waals surface area contributed by atoms with Crippen LogP contribution in [-0.4, -0.2) is 64.7 Å². The number of methoxy groups -OCH3 is 1. The summed E-state index contributed by atoms with van der Waals surface area (Å²) in [7, 11) is -1.53. The molecule has 1 atom stereocenters. The summed E-state index contributed by atoms with van der Waals surface area (Å²) in [6.07, 6.45) is 3.42. The highest BCUT2D eigenvalue weighted by Gasteiger charge is 2.54. The number of imidazole rings is 1. The molecular weight excluding hydrogens is 448 g/mol. The van der Waals surface area contributed by atoms with Gasteiger partial charge in [-0.15, -0.1) is 5.10 Å². The summed E-state index contributed by atoms with van der Waals surface area (Å²) in [6.45, 7) is 5.43. The number of aromatic nitrogens is 4. The van der Waals surface area contributed by atoms with E-state index in [1.807, 2.05) is 16.6 Å². The van der Waals surface area contributed by atoms with Crippen molar-refractivity contribution in [2.45, 2.75) is 49.8 Å². The van der Waals surface area contributed by atoms with Crippen molar-refractivity contribution in [3.63, 3.8) is 0 Å². The Morgan fingerprint density at radius 2 is 2.03 bits per heavy atom. The molecule has 3 aromatic heterocycles. The lowest BCUT2D eigenvalue weighted by molar-refractivity contribution is 0.374. The minimum atomic E-state index is -3.15. The first-order valence-electron chi connectivity index (χ1n) is 10.9. The molecule has 0 bridgehead atoms. The smallest absolute Gasteiger partial charge is 0.222 e. The summed E-state index contributed by atoms with van der Waals surface area (Å²) in [5, 5.41) is 5.64. The molecule has 1 spiro atoms. The summed E-state index contributed by atoms with van der Waals surface area (Å²) >= 11 is 1.50. The summed E-state index contributed by atoms with van der Waals surface area (Å²) in [6, 6.07) is 3.73. The second-order valence-corrected chi connectivity index (χ2v) is 12.3. The minimum Gasteiger partial charge on any atom is -0.480 e. The molecule has 0 amide bonds. The van der Waals surface area contributed by atoms with Crippen molar-refractivity contribution in [1.82, 2.24) is 19.6 Å². The zero-order chi connectivity index (χ0) is 22.7. The van der Waals surface area contributed by atoms with Crippen LogP contribution in [0.3, 0.4) is 0 Å². The van der Waals surface area contributed by atoms with Gasteiger partial charge in [0.2, 0.25) is 16.0 Å². The van der Waals surface area contributed by atoms with Crippen LogP contribution in [0.5, 0.6) is 5.88 Å². The van der Waals surface area contributed by atoms with Gasteiger partial charge in [-0.2, -0.15) is 0 Å². The summed E-state index contributed by atoms with van der Waals surface area (Å²) < 4.78 is 32.0. The molecule has 5 rings (SSSR count). The van der Waals surface area contributed by atoms with Crippen LogP contribution in [0, 0.1) is 0 Å². The number of nitrogens with two attached hydrogens (primary N) is 1.